The quantitative estimate of drug-likeness (QED) is 0.812. The predicted octanol–water partition coefficient (Wildman–Crippen LogP) is 4.14. The number of hydrogen-bond acceptors (Lipinski definition) is 4. The highest BCUT2D eigenvalue weighted by Crippen LogP contribution is 2.52. The molecular formula is C20H27N3O2. The van der Waals surface area contributed by atoms with Crippen molar-refractivity contribution >= 4 is 24.1 Å². The lowest BCUT2D eigenvalue weighted by atomic mass is 9.60. The summed E-state index contributed by atoms with van der Waals surface area (Å²) < 4.78 is 5.42. The molecule has 25 heavy (non-hydrogen) atoms. The third-order valence-corrected chi connectivity index (χ3v) is 4.78. The maximum absolute atomic E-state index is 12.0. The lowest BCUT2D eigenvalue weighted by Gasteiger charge is -2.56. The Labute approximate surface area is 149 Å². The molecule has 1 saturated heterocycles. The van der Waals surface area contributed by atoms with Crippen LogP contribution >= 0.6 is 0 Å². The standard InChI is InChI=1S/C20H27N3O2/c1-19(2,3)25-18(24)23-12-20(13-23)9-15(10-20)7-14-5-6-16(11-21)17(8-14)22-4/h5-8,11,21-22H,9-10,12-13H2,1-4H3. The Morgan fingerprint density at radius 3 is 2.56 bits per heavy atom. The molecule has 0 radical (unpaired) electrons. The summed E-state index contributed by atoms with van der Waals surface area (Å²) in [6, 6.07) is 6.09. The van der Waals surface area contributed by atoms with Crippen molar-refractivity contribution in [2.24, 2.45) is 5.41 Å². The summed E-state index contributed by atoms with van der Waals surface area (Å²) in [6.45, 7) is 7.29. The Morgan fingerprint density at radius 2 is 2.00 bits per heavy atom. The highest BCUT2D eigenvalue weighted by molar-refractivity contribution is 5.86. The maximum Gasteiger partial charge on any atom is 0.410 e. The number of nitrogens with one attached hydrogen (secondary N) is 2. The Hall–Kier alpha value is -2.30. The second kappa shape index (κ2) is 6.21. The number of amides is 1. The van der Waals surface area contributed by atoms with Crippen LogP contribution in [0.1, 0.15) is 44.7 Å². The molecule has 0 aromatic heterocycles. The lowest BCUT2D eigenvalue weighted by Crippen LogP contribution is -2.62. The Morgan fingerprint density at radius 1 is 1.32 bits per heavy atom. The highest BCUT2D eigenvalue weighted by atomic mass is 16.6. The van der Waals surface area contributed by atoms with E-state index in [0.29, 0.717) is 0 Å². The number of carbonyl (C=O) groups excluding carboxylic acids is 1. The summed E-state index contributed by atoms with van der Waals surface area (Å²) in [5.74, 6) is 0. The van der Waals surface area contributed by atoms with Gasteiger partial charge in [0.05, 0.1) is 0 Å². The Bertz CT molecular complexity index is 715. The molecule has 1 saturated carbocycles. The number of allylic oxidation sites excluding steroid dienone is 1. The third kappa shape index (κ3) is 3.70. The molecule has 1 spiro atoms. The van der Waals surface area contributed by atoms with Crippen LogP contribution in [0, 0.1) is 10.8 Å². The van der Waals surface area contributed by atoms with Crippen molar-refractivity contribution in [1.29, 1.82) is 5.41 Å². The number of carbonyl (C=O) groups is 1. The zero-order valence-corrected chi connectivity index (χ0v) is 15.5. The number of likely N-dealkylation sites (tertiary alicyclic amines) is 1. The maximum atomic E-state index is 12.0. The van der Waals surface area contributed by atoms with E-state index >= 15 is 0 Å². The number of anilines is 1. The zero-order chi connectivity index (χ0) is 18.2. The van der Waals surface area contributed by atoms with Gasteiger partial charge in [0.2, 0.25) is 0 Å². The van der Waals surface area contributed by atoms with Crippen molar-refractivity contribution in [2.75, 3.05) is 25.5 Å². The molecule has 134 valence electrons. The van der Waals surface area contributed by atoms with Crippen LogP contribution in [0.5, 0.6) is 0 Å². The van der Waals surface area contributed by atoms with Gasteiger partial charge in [-0.15, -0.1) is 0 Å². The van der Waals surface area contributed by atoms with Gasteiger partial charge >= 0.3 is 6.09 Å². The molecule has 1 aromatic carbocycles. The summed E-state index contributed by atoms with van der Waals surface area (Å²) in [4.78, 5) is 13.8. The van der Waals surface area contributed by atoms with Crippen LogP contribution in [-0.4, -0.2) is 42.9 Å². The predicted molar refractivity (Wildman–Crippen MR) is 101 cm³/mol. The van der Waals surface area contributed by atoms with E-state index in [1.54, 1.807) is 4.90 Å². The lowest BCUT2D eigenvalue weighted by molar-refractivity contribution is -0.0498. The van der Waals surface area contributed by atoms with Crippen molar-refractivity contribution in [1.82, 2.24) is 4.90 Å². The second-order valence-electron chi connectivity index (χ2n) is 8.23. The van der Waals surface area contributed by atoms with Crippen LogP contribution < -0.4 is 5.32 Å². The van der Waals surface area contributed by atoms with Crippen molar-refractivity contribution in [3.05, 3.63) is 34.9 Å². The summed E-state index contributed by atoms with van der Waals surface area (Å²) in [5, 5.41) is 10.6. The second-order valence-corrected chi connectivity index (χ2v) is 8.23. The summed E-state index contributed by atoms with van der Waals surface area (Å²) >= 11 is 0. The first-order valence-corrected chi connectivity index (χ1v) is 8.73. The van der Waals surface area contributed by atoms with E-state index in [1.165, 1.54) is 11.8 Å². The fourth-order valence-electron chi connectivity index (χ4n) is 3.70. The van der Waals surface area contributed by atoms with Crippen molar-refractivity contribution in [3.8, 4) is 0 Å². The van der Waals surface area contributed by atoms with Crippen LogP contribution in [0.15, 0.2) is 23.8 Å². The summed E-state index contributed by atoms with van der Waals surface area (Å²) in [5.41, 5.74) is 4.28. The zero-order valence-electron chi connectivity index (χ0n) is 15.5. The number of hydrogen-bond donors (Lipinski definition) is 2. The molecule has 2 aliphatic rings. The molecule has 5 nitrogen and oxygen atoms in total. The van der Waals surface area contributed by atoms with Gasteiger partial charge in [-0.3, -0.25) is 0 Å². The molecule has 0 bridgehead atoms. The van der Waals surface area contributed by atoms with E-state index in [-0.39, 0.29) is 11.5 Å². The van der Waals surface area contributed by atoms with E-state index in [9.17, 15) is 4.79 Å². The number of ether oxygens (including phenoxy) is 1. The van der Waals surface area contributed by atoms with Gasteiger partial charge in [0.1, 0.15) is 5.60 Å². The van der Waals surface area contributed by atoms with Crippen LogP contribution in [0.2, 0.25) is 0 Å². The van der Waals surface area contributed by atoms with Gasteiger partial charge in [-0.1, -0.05) is 23.8 Å². The smallest absolute Gasteiger partial charge is 0.410 e. The largest absolute Gasteiger partial charge is 0.444 e. The fraction of sp³-hybridized carbons (Fsp3) is 0.500. The average Bonchev–Trinajstić information content (AvgIpc) is 2.46. The molecule has 2 fully saturated rings. The first kappa shape index (κ1) is 17.5. The summed E-state index contributed by atoms with van der Waals surface area (Å²) in [7, 11) is 1.87. The summed E-state index contributed by atoms with van der Waals surface area (Å²) in [6.07, 6.45) is 5.49. The first-order valence-electron chi connectivity index (χ1n) is 8.73. The molecule has 5 heteroatoms. The molecule has 1 aliphatic carbocycles. The number of rotatable bonds is 3. The minimum absolute atomic E-state index is 0.198. The van der Waals surface area contributed by atoms with Gasteiger partial charge in [0.15, 0.2) is 0 Å². The van der Waals surface area contributed by atoms with E-state index < -0.39 is 5.60 Å². The first-order chi connectivity index (χ1) is 11.7. The highest BCUT2D eigenvalue weighted by Gasteiger charge is 2.52. The Kier molecular flexibility index (Phi) is 4.35. The van der Waals surface area contributed by atoms with E-state index in [1.807, 2.05) is 40.0 Å². The average molecular weight is 341 g/mol. The monoisotopic (exact) mass is 341 g/mol. The van der Waals surface area contributed by atoms with Crippen LogP contribution in [-0.2, 0) is 4.74 Å². The normalized spacial score (nSPS) is 18.2. The molecule has 1 amide bonds. The SMILES string of the molecule is CNc1cc(C=C2CC3(C2)CN(C(=O)OC(C)(C)C)C3)ccc1C=N. The van der Waals surface area contributed by atoms with Gasteiger partial charge in [0.25, 0.3) is 0 Å². The topological polar surface area (TPSA) is 65.4 Å². The van der Waals surface area contributed by atoms with Crippen LogP contribution in [0.3, 0.4) is 0 Å². The fourth-order valence-corrected chi connectivity index (χ4v) is 3.70. The van der Waals surface area contributed by atoms with Gasteiger partial charge in [-0.2, -0.15) is 0 Å². The van der Waals surface area contributed by atoms with E-state index in [4.69, 9.17) is 10.1 Å². The van der Waals surface area contributed by atoms with Gasteiger partial charge < -0.3 is 20.4 Å². The van der Waals surface area contributed by atoms with Gasteiger partial charge in [-0.05, 0) is 45.2 Å². The minimum Gasteiger partial charge on any atom is -0.444 e. The number of benzene rings is 1. The molecule has 1 heterocycles. The van der Waals surface area contributed by atoms with E-state index in [2.05, 4.69) is 17.5 Å². The number of nitrogens with zero attached hydrogens (tertiary/aromatic N) is 1. The van der Waals surface area contributed by atoms with E-state index in [0.717, 1.165) is 42.7 Å². The molecule has 0 unspecified atom stereocenters. The van der Waals surface area contributed by atoms with Crippen molar-refractivity contribution in [3.63, 3.8) is 0 Å². The molecule has 1 aliphatic heterocycles. The van der Waals surface area contributed by atoms with Gasteiger partial charge in [-0.25, -0.2) is 4.79 Å². The molecule has 0 atom stereocenters. The molecule has 2 N–H and O–H groups in total. The van der Waals surface area contributed by atoms with Crippen LogP contribution in [0.25, 0.3) is 6.08 Å². The van der Waals surface area contributed by atoms with Gasteiger partial charge in [0, 0.05) is 43.0 Å². The van der Waals surface area contributed by atoms with Crippen LogP contribution in [0.4, 0.5) is 10.5 Å². The molecule has 3 rings (SSSR count). The minimum atomic E-state index is -0.432. The Balaban J connectivity index is 1.56. The third-order valence-electron chi connectivity index (χ3n) is 4.78. The molecule has 1 aromatic rings. The van der Waals surface area contributed by atoms with Crippen molar-refractivity contribution < 1.29 is 9.53 Å². The van der Waals surface area contributed by atoms with Crippen molar-refractivity contribution in [2.45, 2.75) is 39.2 Å². The molecular weight excluding hydrogens is 314 g/mol.